The Hall–Kier alpha value is -2.56. The van der Waals surface area contributed by atoms with Crippen molar-refractivity contribution >= 4 is 23.0 Å². The van der Waals surface area contributed by atoms with E-state index < -0.39 is 11.7 Å². The molecule has 0 saturated carbocycles. The highest BCUT2D eigenvalue weighted by Gasteiger charge is 2.14. The summed E-state index contributed by atoms with van der Waals surface area (Å²) in [5.74, 6) is -1.04. The lowest BCUT2D eigenvalue weighted by atomic mass is 10.1. The van der Waals surface area contributed by atoms with Gasteiger partial charge in [-0.3, -0.25) is 4.79 Å². The highest BCUT2D eigenvalue weighted by molar-refractivity contribution is 6.02. The lowest BCUT2D eigenvalue weighted by Crippen LogP contribution is -2.14. The van der Waals surface area contributed by atoms with Gasteiger partial charge in [-0.25, -0.2) is 4.39 Å². The van der Waals surface area contributed by atoms with Crippen LogP contribution in [0.25, 0.3) is 0 Å². The van der Waals surface area contributed by atoms with Crippen LogP contribution in [0.4, 0.5) is 21.5 Å². The molecule has 2 aromatic rings. The van der Waals surface area contributed by atoms with E-state index in [-0.39, 0.29) is 11.3 Å². The van der Waals surface area contributed by atoms with Crippen molar-refractivity contribution in [2.45, 2.75) is 6.92 Å². The first kappa shape index (κ1) is 12.9. The number of carbonyl (C=O) groups is 1. The number of halogens is 1. The number of nitrogens with two attached hydrogens (primary N) is 2. The first-order valence-corrected chi connectivity index (χ1v) is 5.71. The van der Waals surface area contributed by atoms with Crippen molar-refractivity contribution in [2.75, 3.05) is 11.1 Å². The van der Waals surface area contributed by atoms with Gasteiger partial charge in [0.05, 0.1) is 22.6 Å². The van der Waals surface area contributed by atoms with E-state index in [2.05, 4.69) is 5.32 Å². The van der Waals surface area contributed by atoms with Crippen molar-refractivity contribution in [3.63, 3.8) is 0 Å². The van der Waals surface area contributed by atoms with Crippen LogP contribution in [0.15, 0.2) is 36.4 Å². The third-order valence-corrected chi connectivity index (χ3v) is 2.83. The Morgan fingerprint density at radius 2 is 1.84 bits per heavy atom. The molecule has 5 N–H and O–H groups in total. The molecule has 0 aliphatic heterocycles. The highest BCUT2D eigenvalue weighted by Crippen LogP contribution is 2.30. The van der Waals surface area contributed by atoms with Crippen LogP contribution in [0, 0.1) is 12.7 Å². The number of anilines is 3. The fourth-order valence-electron chi connectivity index (χ4n) is 1.83. The van der Waals surface area contributed by atoms with Crippen LogP contribution in [0.3, 0.4) is 0 Å². The molecule has 1 amide bonds. The van der Waals surface area contributed by atoms with Crippen molar-refractivity contribution in [2.24, 2.45) is 5.73 Å². The lowest BCUT2D eigenvalue weighted by molar-refractivity contribution is 0.100. The summed E-state index contributed by atoms with van der Waals surface area (Å²) < 4.78 is 13.8. The molecule has 19 heavy (non-hydrogen) atoms. The third kappa shape index (κ3) is 2.49. The van der Waals surface area contributed by atoms with Crippen LogP contribution in [-0.4, -0.2) is 5.91 Å². The Labute approximate surface area is 110 Å². The quantitative estimate of drug-likeness (QED) is 0.741. The van der Waals surface area contributed by atoms with Gasteiger partial charge in [-0.1, -0.05) is 18.2 Å². The number of hydrogen-bond donors (Lipinski definition) is 3. The summed E-state index contributed by atoms with van der Waals surface area (Å²) in [6.07, 6.45) is 0. The minimum absolute atomic E-state index is 0.225. The van der Waals surface area contributed by atoms with Crippen molar-refractivity contribution < 1.29 is 9.18 Å². The fraction of sp³-hybridized carbons (Fsp3) is 0.0714. The van der Waals surface area contributed by atoms with Gasteiger partial charge in [-0.15, -0.1) is 0 Å². The second-order valence-electron chi connectivity index (χ2n) is 4.19. The largest absolute Gasteiger partial charge is 0.397 e. The monoisotopic (exact) mass is 259 g/mol. The number of nitrogens with one attached hydrogen (secondary N) is 1. The number of nitrogen functional groups attached to an aromatic ring is 1. The lowest BCUT2D eigenvalue weighted by Gasteiger charge is -2.15. The van der Waals surface area contributed by atoms with E-state index in [1.54, 1.807) is 31.2 Å². The molecule has 0 unspecified atom stereocenters. The maximum atomic E-state index is 13.8. The van der Waals surface area contributed by atoms with E-state index in [0.29, 0.717) is 16.9 Å². The van der Waals surface area contributed by atoms with Crippen molar-refractivity contribution in [3.05, 3.63) is 53.3 Å². The standard InChI is InChI=1S/C14H14FN3O/c1-8-4-2-6-10(15)12(8)18-13-9(14(17)19)5-3-7-11(13)16/h2-7,18H,16H2,1H3,(H2,17,19). The van der Waals surface area contributed by atoms with E-state index in [9.17, 15) is 9.18 Å². The van der Waals surface area contributed by atoms with Gasteiger partial charge >= 0.3 is 0 Å². The molecule has 2 rings (SSSR count). The second kappa shape index (κ2) is 4.97. The molecular formula is C14H14FN3O. The molecule has 98 valence electrons. The Kier molecular flexibility index (Phi) is 3.37. The molecule has 4 nitrogen and oxygen atoms in total. The highest BCUT2D eigenvalue weighted by atomic mass is 19.1. The summed E-state index contributed by atoms with van der Waals surface area (Å²) in [6.45, 7) is 1.76. The third-order valence-electron chi connectivity index (χ3n) is 2.83. The first-order valence-electron chi connectivity index (χ1n) is 5.71. The van der Waals surface area contributed by atoms with Crippen LogP contribution in [0.2, 0.25) is 0 Å². The van der Waals surface area contributed by atoms with E-state index in [0.717, 1.165) is 0 Å². The molecule has 2 aromatic carbocycles. The summed E-state index contributed by atoms with van der Waals surface area (Å²) >= 11 is 0. The molecule has 0 spiro atoms. The van der Waals surface area contributed by atoms with Gasteiger partial charge in [-0.05, 0) is 30.7 Å². The number of para-hydroxylation sites is 2. The topological polar surface area (TPSA) is 81.1 Å². The Morgan fingerprint density at radius 3 is 2.47 bits per heavy atom. The molecule has 0 aromatic heterocycles. The van der Waals surface area contributed by atoms with Crippen LogP contribution in [0.1, 0.15) is 15.9 Å². The van der Waals surface area contributed by atoms with Crippen molar-refractivity contribution in [1.29, 1.82) is 0 Å². The minimum Gasteiger partial charge on any atom is -0.397 e. The molecule has 0 aliphatic carbocycles. The number of rotatable bonds is 3. The molecule has 0 saturated heterocycles. The van der Waals surface area contributed by atoms with Gasteiger partial charge < -0.3 is 16.8 Å². The summed E-state index contributed by atoms with van der Waals surface area (Å²) in [7, 11) is 0. The number of primary amides is 1. The molecule has 0 heterocycles. The molecule has 0 atom stereocenters. The van der Waals surface area contributed by atoms with E-state index >= 15 is 0 Å². The van der Waals surface area contributed by atoms with Crippen molar-refractivity contribution in [3.8, 4) is 0 Å². The Morgan fingerprint density at radius 1 is 1.16 bits per heavy atom. The summed E-state index contributed by atoms with van der Waals surface area (Å²) in [4.78, 5) is 11.4. The average molecular weight is 259 g/mol. The number of aryl methyl sites for hydroxylation is 1. The Balaban J connectivity index is 2.52. The summed E-state index contributed by atoms with van der Waals surface area (Å²) in [5, 5.41) is 2.86. The zero-order valence-electron chi connectivity index (χ0n) is 10.4. The van der Waals surface area contributed by atoms with Crippen LogP contribution in [-0.2, 0) is 0 Å². The Bertz CT molecular complexity index is 620. The number of benzene rings is 2. The maximum absolute atomic E-state index is 13.8. The van der Waals surface area contributed by atoms with Gasteiger partial charge in [0.1, 0.15) is 5.82 Å². The van der Waals surface area contributed by atoms with Crippen LogP contribution >= 0.6 is 0 Å². The van der Waals surface area contributed by atoms with Crippen molar-refractivity contribution in [1.82, 2.24) is 0 Å². The van der Waals surface area contributed by atoms with Gasteiger partial charge in [0.2, 0.25) is 0 Å². The maximum Gasteiger partial charge on any atom is 0.250 e. The van der Waals surface area contributed by atoms with Gasteiger partial charge in [0, 0.05) is 0 Å². The molecule has 5 heteroatoms. The normalized spacial score (nSPS) is 10.2. The zero-order chi connectivity index (χ0) is 14.0. The number of hydrogen-bond acceptors (Lipinski definition) is 3. The average Bonchev–Trinajstić information content (AvgIpc) is 2.35. The second-order valence-corrected chi connectivity index (χ2v) is 4.19. The molecule has 0 radical (unpaired) electrons. The van der Waals surface area contributed by atoms with Crippen LogP contribution < -0.4 is 16.8 Å². The predicted octanol–water partition coefficient (Wildman–Crippen LogP) is 2.56. The number of carbonyl (C=O) groups excluding carboxylic acids is 1. The van der Waals surface area contributed by atoms with E-state index in [1.165, 1.54) is 12.1 Å². The van der Waals surface area contributed by atoms with E-state index in [1.807, 2.05) is 0 Å². The molecule has 0 aliphatic rings. The first-order chi connectivity index (χ1) is 9.00. The summed E-state index contributed by atoms with van der Waals surface area (Å²) in [6, 6.07) is 9.48. The SMILES string of the molecule is Cc1cccc(F)c1Nc1c(N)cccc1C(N)=O. The summed E-state index contributed by atoms with van der Waals surface area (Å²) in [5.41, 5.74) is 13.0. The van der Waals surface area contributed by atoms with E-state index in [4.69, 9.17) is 11.5 Å². The number of amides is 1. The molecule has 0 bridgehead atoms. The zero-order valence-corrected chi connectivity index (χ0v) is 10.4. The molecule has 0 fully saturated rings. The van der Waals surface area contributed by atoms with Crippen LogP contribution in [0.5, 0.6) is 0 Å². The van der Waals surface area contributed by atoms with Gasteiger partial charge in [0.25, 0.3) is 5.91 Å². The fourth-order valence-corrected chi connectivity index (χ4v) is 1.83. The minimum atomic E-state index is -0.621. The smallest absolute Gasteiger partial charge is 0.250 e. The predicted molar refractivity (Wildman–Crippen MR) is 73.8 cm³/mol. The van der Waals surface area contributed by atoms with Gasteiger partial charge in [-0.2, -0.15) is 0 Å². The van der Waals surface area contributed by atoms with Gasteiger partial charge in [0.15, 0.2) is 0 Å². The molecular weight excluding hydrogens is 245 g/mol.